The smallest absolute Gasteiger partial charge is 0.164 e. The maximum atomic E-state index is 6.43. The van der Waals surface area contributed by atoms with Gasteiger partial charge in [-0.1, -0.05) is 198 Å². The Hall–Kier alpha value is -9.20. The zero-order valence-corrected chi connectivity index (χ0v) is 40.7. The van der Waals surface area contributed by atoms with Gasteiger partial charge in [0.2, 0.25) is 0 Å². The lowest BCUT2D eigenvalue weighted by Gasteiger charge is -2.49. The molecule has 73 heavy (non-hydrogen) atoms. The molecule has 0 aliphatic heterocycles. The van der Waals surface area contributed by atoms with E-state index in [-0.39, 0.29) is 10.8 Å². The second-order valence-corrected chi connectivity index (χ2v) is 20.3. The molecule has 10 aromatic carbocycles. The summed E-state index contributed by atoms with van der Waals surface area (Å²) in [7, 11) is 0. The van der Waals surface area contributed by atoms with Gasteiger partial charge in [0.05, 0.1) is 0 Å². The third-order valence-electron chi connectivity index (χ3n) is 15.7. The average Bonchev–Trinajstić information content (AvgIpc) is 3.82. The predicted molar refractivity (Wildman–Crippen MR) is 297 cm³/mol. The molecule has 0 amide bonds. The standard InChI is InChI=1S/C66H46N6O/c1-65(2)54-29-17-15-26-46(54)51-38-53(64-70-60(41-22-9-6-10-23-41)68-62(72-64)44-33-34-48-47-27-16-18-30-55(47)73-56(48)36-44)50-37-52(45-25-13-14-28-49(45)57(50)58(51)66(65,3)4)63-69-59(40-20-7-5-8-21-40)67-61(71-63)43-32-31-39-19-11-12-24-42(39)35-43/h5-38H,1-4H3. The Labute approximate surface area is 422 Å². The number of fused-ring (bicyclic) bond motifs is 11. The highest BCUT2D eigenvalue weighted by atomic mass is 16.3. The molecule has 0 bridgehead atoms. The molecule has 0 unspecified atom stereocenters. The monoisotopic (exact) mass is 938 g/mol. The number of aromatic nitrogens is 6. The van der Waals surface area contributed by atoms with Crippen molar-refractivity contribution in [3.63, 3.8) is 0 Å². The molecule has 0 atom stereocenters. The molecule has 0 saturated heterocycles. The minimum atomic E-state index is -0.337. The van der Waals surface area contributed by atoms with Crippen molar-refractivity contribution in [2.24, 2.45) is 0 Å². The fourth-order valence-electron chi connectivity index (χ4n) is 11.3. The van der Waals surface area contributed by atoms with Crippen LogP contribution < -0.4 is 0 Å². The van der Waals surface area contributed by atoms with Crippen molar-refractivity contribution in [3.05, 3.63) is 217 Å². The van der Waals surface area contributed by atoms with E-state index < -0.39 is 0 Å². The third kappa shape index (κ3) is 6.72. The third-order valence-corrected chi connectivity index (χ3v) is 15.7. The molecule has 0 saturated carbocycles. The van der Waals surface area contributed by atoms with Gasteiger partial charge in [-0.15, -0.1) is 0 Å². The first-order valence-electron chi connectivity index (χ1n) is 24.9. The van der Waals surface area contributed by atoms with Gasteiger partial charge in [-0.2, -0.15) is 0 Å². The van der Waals surface area contributed by atoms with Gasteiger partial charge < -0.3 is 4.42 Å². The van der Waals surface area contributed by atoms with Crippen LogP contribution in [0.25, 0.3) is 134 Å². The van der Waals surface area contributed by atoms with E-state index >= 15 is 0 Å². The van der Waals surface area contributed by atoms with Gasteiger partial charge in [0, 0.05) is 49.6 Å². The summed E-state index contributed by atoms with van der Waals surface area (Å²) in [5, 5.41) is 8.66. The molecular formula is C66H46N6O. The van der Waals surface area contributed by atoms with Crippen molar-refractivity contribution in [1.82, 2.24) is 29.9 Å². The molecule has 346 valence electrons. The van der Waals surface area contributed by atoms with Crippen LogP contribution in [0.1, 0.15) is 38.8 Å². The van der Waals surface area contributed by atoms with Crippen molar-refractivity contribution < 1.29 is 4.42 Å². The molecule has 13 aromatic rings. The quantitative estimate of drug-likeness (QED) is 0.153. The van der Waals surface area contributed by atoms with Gasteiger partial charge in [0.25, 0.3) is 0 Å². The Kier molecular flexibility index (Phi) is 9.45. The minimum Gasteiger partial charge on any atom is -0.456 e. The normalized spacial score (nSPS) is 13.7. The Morgan fingerprint density at radius 3 is 1.51 bits per heavy atom. The molecule has 0 spiro atoms. The molecule has 0 radical (unpaired) electrons. The number of nitrogens with zero attached hydrogens (tertiary/aromatic N) is 6. The van der Waals surface area contributed by atoms with Crippen LogP contribution in [-0.4, -0.2) is 29.9 Å². The summed E-state index contributed by atoms with van der Waals surface area (Å²) in [5.41, 5.74) is 11.3. The van der Waals surface area contributed by atoms with E-state index in [0.29, 0.717) is 34.9 Å². The fourth-order valence-corrected chi connectivity index (χ4v) is 11.3. The van der Waals surface area contributed by atoms with Crippen molar-refractivity contribution >= 4 is 54.3 Å². The molecule has 7 nitrogen and oxygen atoms in total. The van der Waals surface area contributed by atoms with Gasteiger partial charge in [-0.25, -0.2) is 29.9 Å². The van der Waals surface area contributed by atoms with Crippen LogP contribution in [0.3, 0.4) is 0 Å². The summed E-state index contributed by atoms with van der Waals surface area (Å²) in [4.78, 5) is 32.1. The molecule has 1 aliphatic carbocycles. The van der Waals surface area contributed by atoms with Crippen molar-refractivity contribution in [2.75, 3.05) is 0 Å². The number of furan rings is 1. The number of hydrogen-bond donors (Lipinski definition) is 0. The lowest BCUT2D eigenvalue weighted by molar-refractivity contribution is 0.301. The molecule has 3 aromatic heterocycles. The van der Waals surface area contributed by atoms with E-state index in [2.05, 4.69) is 179 Å². The highest BCUT2D eigenvalue weighted by molar-refractivity contribution is 6.20. The van der Waals surface area contributed by atoms with Crippen LogP contribution in [0.2, 0.25) is 0 Å². The van der Waals surface area contributed by atoms with Crippen molar-refractivity contribution in [3.8, 4) is 79.5 Å². The van der Waals surface area contributed by atoms with Crippen LogP contribution in [0.5, 0.6) is 0 Å². The number of benzene rings is 10. The summed E-state index contributed by atoms with van der Waals surface area (Å²) in [5.74, 6) is 3.44. The summed E-state index contributed by atoms with van der Waals surface area (Å²) in [6.45, 7) is 9.58. The van der Waals surface area contributed by atoms with Crippen LogP contribution in [0, 0.1) is 0 Å². The fraction of sp³-hybridized carbons (Fsp3) is 0.0909. The second kappa shape index (κ2) is 16.2. The average molecular weight is 939 g/mol. The zero-order chi connectivity index (χ0) is 49.0. The number of rotatable bonds is 6. The molecule has 3 heterocycles. The predicted octanol–water partition coefficient (Wildman–Crippen LogP) is 16.7. The van der Waals surface area contributed by atoms with Crippen molar-refractivity contribution in [2.45, 2.75) is 38.5 Å². The Morgan fingerprint density at radius 1 is 0.301 bits per heavy atom. The molecule has 1 aliphatic rings. The molecule has 14 rings (SSSR count). The van der Waals surface area contributed by atoms with Gasteiger partial charge in [0.15, 0.2) is 34.9 Å². The first-order valence-corrected chi connectivity index (χ1v) is 24.9. The van der Waals surface area contributed by atoms with Gasteiger partial charge in [0.1, 0.15) is 11.2 Å². The SMILES string of the molecule is CC1(C)c2ccccc2-c2cc(-c3nc(-c4ccccc4)nc(-c4ccc5c(c4)oc4ccccc45)n3)c3cc(-c4nc(-c5ccccc5)nc(-c5ccc6ccccc6c5)n4)c4ccccc4c3c2C1(C)C. The summed E-state index contributed by atoms with van der Waals surface area (Å²) in [6, 6.07) is 71.8. The van der Waals surface area contributed by atoms with E-state index in [1.165, 1.54) is 16.7 Å². The summed E-state index contributed by atoms with van der Waals surface area (Å²) < 4.78 is 6.43. The number of hydrogen-bond acceptors (Lipinski definition) is 7. The van der Waals surface area contributed by atoms with E-state index in [1.807, 2.05) is 54.6 Å². The first-order chi connectivity index (χ1) is 35.7. The van der Waals surface area contributed by atoms with Crippen LogP contribution in [-0.2, 0) is 10.8 Å². The zero-order valence-electron chi connectivity index (χ0n) is 40.7. The Bertz CT molecular complexity index is 4390. The summed E-state index contributed by atoms with van der Waals surface area (Å²) >= 11 is 0. The van der Waals surface area contributed by atoms with Crippen LogP contribution in [0.4, 0.5) is 0 Å². The van der Waals surface area contributed by atoms with Gasteiger partial charge >= 0.3 is 0 Å². The maximum Gasteiger partial charge on any atom is 0.164 e. The lowest BCUT2D eigenvalue weighted by atomic mass is 9.54. The molecular weight excluding hydrogens is 893 g/mol. The van der Waals surface area contributed by atoms with E-state index in [9.17, 15) is 0 Å². The second-order valence-electron chi connectivity index (χ2n) is 20.3. The highest BCUT2D eigenvalue weighted by Crippen LogP contribution is 2.58. The highest BCUT2D eigenvalue weighted by Gasteiger charge is 2.47. The largest absolute Gasteiger partial charge is 0.456 e. The van der Waals surface area contributed by atoms with E-state index in [4.69, 9.17) is 34.3 Å². The Balaban J connectivity index is 1.10. The van der Waals surface area contributed by atoms with Gasteiger partial charge in [-0.3, -0.25) is 0 Å². The molecule has 0 N–H and O–H groups in total. The molecule has 0 fully saturated rings. The topological polar surface area (TPSA) is 90.5 Å². The van der Waals surface area contributed by atoms with Crippen molar-refractivity contribution in [1.29, 1.82) is 0 Å². The first kappa shape index (κ1) is 42.7. The van der Waals surface area contributed by atoms with E-state index in [0.717, 1.165) is 93.2 Å². The number of para-hydroxylation sites is 1. The molecule has 7 heteroatoms. The summed E-state index contributed by atoms with van der Waals surface area (Å²) in [6.07, 6.45) is 0. The maximum absolute atomic E-state index is 6.43. The lowest BCUT2D eigenvalue weighted by Crippen LogP contribution is -2.43. The van der Waals surface area contributed by atoms with Crippen LogP contribution >= 0.6 is 0 Å². The minimum absolute atomic E-state index is 0.242. The van der Waals surface area contributed by atoms with Gasteiger partial charge in [-0.05, 0) is 96.4 Å². The van der Waals surface area contributed by atoms with Crippen LogP contribution in [0.15, 0.2) is 211 Å². The van der Waals surface area contributed by atoms with E-state index in [1.54, 1.807) is 0 Å². The Morgan fingerprint density at radius 2 is 0.808 bits per heavy atom.